The monoisotopic (exact) mass is 643 g/mol. The summed E-state index contributed by atoms with van der Waals surface area (Å²) in [5.41, 5.74) is 2.27. The number of carbonyl (C=O) groups is 1. The Morgan fingerprint density at radius 2 is 1.91 bits per heavy atom. The minimum Gasteiger partial charge on any atom is -0.447 e. The van der Waals surface area contributed by atoms with Gasteiger partial charge >= 0.3 is 6.09 Å². The second kappa shape index (κ2) is 13.2. The van der Waals surface area contributed by atoms with Crippen LogP contribution >= 0.6 is 11.3 Å². The zero-order valence-electron chi connectivity index (χ0n) is 25.5. The van der Waals surface area contributed by atoms with Crippen molar-refractivity contribution < 1.29 is 27.4 Å². The Bertz CT molecular complexity index is 1570. The smallest absolute Gasteiger partial charge is 0.407 e. The average Bonchev–Trinajstić information content (AvgIpc) is 3.59. The zero-order valence-corrected chi connectivity index (χ0v) is 27.1. The van der Waals surface area contributed by atoms with Gasteiger partial charge in [-0.3, -0.25) is 0 Å². The number of benzene rings is 1. The van der Waals surface area contributed by atoms with E-state index in [9.17, 15) is 13.2 Å². The molecule has 1 aromatic carbocycles. The first-order valence-corrected chi connectivity index (χ1v) is 17.9. The number of ether oxygens (including phenoxy) is 3. The molecule has 2 saturated heterocycles. The Balaban J connectivity index is 1.20. The molecule has 3 aliphatic rings. The summed E-state index contributed by atoms with van der Waals surface area (Å²) in [6.45, 7) is 6.78. The summed E-state index contributed by atoms with van der Waals surface area (Å²) in [6, 6.07) is 7.50. The van der Waals surface area contributed by atoms with Gasteiger partial charge in [0, 0.05) is 47.8 Å². The number of thiazole rings is 1. The summed E-state index contributed by atoms with van der Waals surface area (Å²) in [7, 11) is -3.64. The first-order valence-electron chi connectivity index (χ1n) is 15.5. The van der Waals surface area contributed by atoms with Gasteiger partial charge in [0.1, 0.15) is 5.25 Å². The molecule has 2 N–H and O–H groups in total. The molecule has 11 nitrogen and oxygen atoms in total. The Labute approximate surface area is 262 Å². The molecule has 44 heavy (non-hydrogen) atoms. The third-order valence-electron chi connectivity index (χ3n) is 8.49. The maximum Gasteiger partial charge on any atom is 0.407 e. The predicted molar refractivity (Wildman–Crippen MR) is 168 cm³/mol. The minimum absolute atomic E-state index is 0.0792. The van der Waals surface area contributed by atoms with Crippen molar-refractivity contribution in [3.63, 3.8) is 0 Å². The van der Waals surface area contributed by atoms with Gasteiger partial charge in [0.25, 0.3) is 0 Å². The van der Waals surface area contributed by atoms with E-state index in [-0.39, 0.29) is 48.5 Å². The lowest BCUT2D eigenvalue weighted by molar-refractivity contribution is -0.0404. The highest BCUT2D eigenvalue weighted by Crippen LogP contribution is 2.41. The molecule has 1 atom stereocenters. The van der Waals surface area contributed by atoms with Crippen LogP contribution in [0.2, 0.25) is 0 Å². The van der Waals surface area contributed by atoms with Crippen molar-refractivity contribution in [1.29, 1.82) is 0 Å². The molecule has 6 rings (SSSR count). The zero-order chi connectivity index (χ0) is 30.8. The topological polar surface area (TPSA) is 134 Å². The lowest BCUT2D eigenvalue weighted by Gasteiger charge is -2.28. The van der Waals surface area contributed by atoms with Gasteiger partial charge in [0.05, 0.1) is 34.1 Å². The third kappa shape index (κ3) is 6.80. The van der Waals surface area contributed by atoms with Crippen LogP contribution in [0.3, 0.4) is 0 Å². The maximum atomic E-state index is 13.8. The van der Waals surface area contributed by atoms with Crippen LogP contribution in [0.25, 0.3) is 10.4 Å². The molecule has 2 aliphatic heterocycles. The minimum atomic E-state index is -3.64. The second-order valence-electron chi connectivity index (χ2n) is 12.2. The number of hydrogen-bond acceptors (Lipinski definition) is 10. The Hall–Kier alpha value is -3.00. The molecular formula is C31H41N5O6S2. The van der Waals surface area contributed by atoms with E-state index in [1.54, 1.807) is 23.6 Å². The van der Waals surface area contributed by atoms with E-state index in [4.69, 9.17) is 24.3 Å². The largest absolute Gasteiger partial charge is 0.447 e. The molecule has 1 saturated carbocycles. The van der Waals surface area contributed by atoms with Gasteiger partial charge in [-0.25, -0.2) is 22.9 Å². The molecule has 0 bridgehead atoms. The normalized spacial score (nSPS) is 22.9. The van der Waals surface area contributed by atoms with Gasteiger partial charge in [0.2, 0.25) is 0 Å². The van der Waals surface area contributed by atoms with E-state index in [1.165, 1.54) is 0 Å². The number of nitrogens with one attached hydrogen (secondary N) is 2. The van der Waals surface area contributed by atoms with Gasteiger partial charge in [-0.05, 0) is 77.8 Å². The number of carbonyl (C=O) groups excluding carboxylic acids is 1. The number of hydrogen-bond donors (Lipinski definition) is 2. The van der Waals surface area contributed by atoms with Crippen LogP contribution in [0, 0.1) is 6.92 Å². The highest BCUT2D eigenvalue weighted by atomic mass is 32.2. The SMILES string of the molecule is Cc1cc(Nc2ccc(-c3cnc([C@H]4CC[C@H](NC(=O)OC(C)C)CC4)s3)c(S(=O)(=O)C3COC3)c2)nn1C1CCCCO1. The average molecular weight is 644 g/mol. The predicted octanol–water partition coefficient (Wildman–Crippen LogP) is 6.09. The van der Waals surface area contributed by atoms with Crippen molar-refractivity contribution in [2.75, 3.05) is 25.1 Å². The first kappa shape index (κ1) is 31.0. The first-order chi connectivity index (χ1) is 21.2. The second-order valence-corrected chi connectivity index (χ2v) is 15.4. The lowest BCUT2D eigenvalue weighted by Crippen LogP contribution is -2.40. The highest BCUT2D eigenvalue weighted by Gasteiger charge is 2.36. The Morgan fingerprint density at radius 3 is 2.59 bits per heavy atom. The Morgan fingerprint density at radius 1 is 1.11 bits per heavy atom. The molecule has 3 fully saturated rings. The van der Waals surface area contributed by atoms with Crippen molar-refractivity contribution in [3.8, 4) is 10.4 Å². The fourth-order valence-corrected chi connectivity index (χ4v) is 8.89. The maximum absolute atomic E-state index is 13.8. The standard InChI is InChI=1S/C31H41N5O6S2/c1-19(2)42-31(37)34-22-9-7-21(8-10-22)30-32-16-26(43-30)25-12-11-23(15-27(25)44(38,39)24-17-40-18-24)33-28-14-20(3)36(35-28)29-6-4-5-13-41-29/h11-12,14-16,19,21-22,24,29H,4-10,13,17-18H2,1-3H3,(H,33,35)(H,34,37)/t21-,22-,29?. The van der Waals surface area contributed by atoms with Crippen LogP contribution in [-0.2, 0) is 24.0 Å². The van der Waals surface area contributed by atoms with E-state index in [0.29, 0.717) is 17.1 Å². The number of alkyl carbamates (subject to hydrolysis) is 1. The van der Waals surface area contributed by atoms with Gasteiger partial charge in [-0.15, -0.1) is 11.3 Å². The van der Waals surface area contributed by atoms with Crippen molar-refractivity contribution in [2.24, 2.45) is 0 Å². The summed E-state index contributed by atoms with van der Waals surface area (Å²) < 4.78 is 45.8. The van der Waals surface area contributed by atoms with Gasteiger partial charge in [0.15, 0.2) is 21.9 Å². The number of aromatic nitrogens is 3. The van der Waals surface area contributed by atoms with Crippen LogP contribution in [0.1, 0.15) is 81.6 Å². The lowest BCUT2D eigenvalue weighted by atomic mass is 9.86. The number of amides is 1. The van der Waals surface area contributed by atoms with Crippen molar-refractivity contribution >= 4 is 38.8 Å². The molecule has 1 amide bonds. The van der Waals surface area contributed by atoms with E-state index < -0.39 is 15.1 Å². The fraction of sp³-hybridized carbons (Fsp3) is 0.581. The number of sulfone groups is 1. The van der Waals surface area contributed by atoms with Crippen LogP contribution in [0.5, 0.6) is 0 Å². The number of nitrogens with zero attached hydrogens (tertiary/aromatic N) is 3. The van der Waals surface area contributed by atoms with Crippen molar-refractivity contribution in [3.05, 3.63) is 41.2 Å². The summed E-state index contributed by atoms with van der Waals surface area (Å²) in [4.78, 5) is 17.8. The molecule has 0 spiro atoms. The molecular weight excluding hydrogens is 603 g/mol. The summed E-state index contributed by atoms with van der Waals surface area (Å²) in [5.74, 6) is 0.905. The van der Waals surface area contributed by atoms with Crippen molar-refractivity contribution in [2.45, 2.75) is 100 Å². The molecule has 1 aliphatic carbocycles. The van der Waals surface area contributed by atoms with Gasteiger partial charge < -0.3 is 24.8 Å². The van der Waals surface area contributed by atoms with E-state index >= 15 is 0 Å². The summed E-state index contributed by atoms with van der Waals surface area (Å²) >= 11 is 1.55. The number of rotatable bonds is 9. The van der Waals surface area contributed by atoms with Crippen LogP contribution in [0.15, 0.2) is 35.4 Å². The van der Waals surface area contributed by atoms with Crippen molar-refractivity contribution in [1.82, 2.24) is 20.1 Å². The third-order valence-corrected chi connectivity index (χ3v) is 11.8. The molecule has 0 radical (unpaired) electrons. The van der Waals surface area contributed by atoms with Gasteiger partial charge in [-0.2, -0.15) is 5.10 Å². The fourth-order valence-electron chi connectivity index (χ4n) is 6.02. The van der Waals surface area contributed by atoms with Crippen LogP contribution in [-0.4, -0.2) is 66.5 Å². The van der Waals surface area contributed by atoms with Gasteiger partial charge in [-0.1, -0.05) is 6.07 Å². The summed E-state index contributed by atoms with van der Waals surface area (Å²) in [6.07, 6.45) is 7.75. The Kier molecular flexibility index (Phi) is 9.27. The molecule has 4 heterocycles. The quantitative estimate of drug-likeness (QED) is 0.284. The highest BCUT2D eigenvalue weighted by molar-refractivity contribution is 7.92. The molecule has 3 aromatic rings. The van der Waals surface area contributed by atoms with E-state index in [2.05, 4.69) is 10.6 Å². The van der Waals surface area contributed by atoms with Crippen LogP contribution in [0.4, 0.5) is 16.3 Å². The molecule has 13 heteroatoms. The number of anilines is 2. The van der Waals surface area contributed by atoms with E-state index in [0.717, 1.165) is 67.1 Å². The molecule has 2 aromatic heterocycles. The van der Waals surface area contributed by atoms with E-state index in [1.807, 2.05) is 43.7 Å². The van der Waals surface area contributed by atoms with Crippen LogP contribution < -0.4 is 10.6 Å². The number of aryl methyl sites for hydroxylation is 1. The molecule has 1 unspecified atom stereocenters. The summed E-state index contributed by atoms with van der Waals surface area (Å²) in [5, 5.41) is 11.4. The molecule has 238 valence electrons.